The summed E-state index contributed by atoms with van der Waals surface area (Å²) in [6, 6.07) is 7.53. The van der Waals surface area contributed by atoms with Crippen LogP contribution in [0.2, 0.25) is 0 Å². The van der Waals surface area contributed by atoms with Gasteiger partial charge in [0.05, 0.1) is 11.9 Å². The molecule has 23 heavy (non-hydrogen) atoms. The summed E-state index contributed by atoms with van der Waals surface area (Å²) < 4.78 is 20.1. The van der Waals surface area contributed by atoms with Crippen molar-refractivity contribution in [1.82, 2.24) is 19.7 Å². The number of ether oxygens (including phenoxy) is 1. The van der Waals surface area contributed by atoms with Crippen molar-refractivity contribution in [3.63, 3.8) is 0 Å². The van der Waals surface area contributed by atoms with E-state index in [0.29, 0.717) is 24.6 Å². The number of aromatic nitrogens is 3. The molecule has 0 fully saturated rings. The zero-order chi connectivity index (χ0) is 16.1. The number of nitrogens with one attached hydrogen (secondary N) is 1. The van der Waals surface area contributed by atoms with E-state index in [1.165, 1.54) is 24.3 Å². The fourth-order valence-corrected chi connectivity index (χ4v) is 2.16. The Balaban J connectivity index is 1.44. The molecule has 0 aliphatic heterocycles. The first-order valence-corrected chi connectivity index (χ1v) is 7.26. The molecule has 0 bridgehead atoms. The van der Waals surface area contributed by atoms with E-state index in [4.69, 9.17) is 4.74 Å². The highest BCUT2D eigenvalue weighted by Gasteiger charge is 2.07. The Morgan fingerprint density at radius 2 is 2.09 bits per heavy atom. The SMILES string of the molecule is OC(CNCc1cnc2ncccn12)COc1ccc(F)cc1. The highest BCUT2D eigenvalue weighted by Crippen LogP contribution is 2.11. The molecule has 2 aromatic heterocycles. The van der Waals surface area contributed by atoms with Gasteiger partial charge in [0, 0.05) is 25.5 Å². The smallest absolute Gasteiger partial charge is 0.233 e. The second-order valence-electron chi connectivity index (χ2n) is 5.09. The van der Waals surface area contributed by atoms with Crippen molar-refractivity contribution in [2.75, 3.05) is 13.2 Å². The Morgan fingerprint density at radius 3 is 2.91 bits per heavy atom. The number of fused-ring (bicyclic) bond motifs is 1. The van der Waals surface area contributed by atoms with Gasteiger partial charge in [-0.2, -0.15) is 0 Å². The normalized spacial score (nSPS) is 12.4. The van der Waals surface area contributed by atoms with Crippen molar-refractivity contribution >= 4 is 5.78 Å². The molecule has 120 valence electrons. The van der Waals surface area contributed by atoms with E-state index in [1.54, 1.807) is 12.4 Å². The molecule has 3 rings (SSSR count). The lowest BCUT2D eigenvalue weighted by Crippen LogP contribution is -2.31. The molecule has 7 heteroatoms. The van der Waals surface area contributed by atoms with Gasteiger partial charge < -0.3 is 15.2 Å². The minimum Gasteiger partial charge on any atom is -0.491 e. The Labute approximate surface area is 132 Å². The van der Waals surface area contributed by atoms with Crippen LogP contribution in [0.5, 0.6) is 5.75 Å². The first-order valence-electron chi connectivity index (χ1n) is 7.26. The van der Waals surface area contributed by atoms with Gasteiger partial charge in [-0.15, -0.1) is 0 Å². The van der Waals surface area contributed by atoms with Crippen LogP contribution in [-0.2, 0) is 6.54 Å². The zero-order valence-corrected chi connectivity index (χ0v) is 12.4. The van der Waals surface area contributed by atoms with Crippen LogP contribution in [0.1, 0.15) is 5.69 Å². The number of rotatable bonds is 7. The van der Waals surface area contributed by atoms with E-state index in [2.05, 4.69) is 15.3 Å². The van der Waals surface area contributed by atoms with E-state index in [0.717, 1.165) is 5.69 Å². The number of hydrogen-bond donors (Lipinski definition) is 2. The van der Waals surface area contributed by atoms with Crippen LogP contribution in [-0.4, -0.2) is 38.7 Å². The summed E-state index contributed by atoms with van der Waals surface area (Å²) >= 11 is 0. The summed E-state index contributed by atoms with van der Waals surface area (Å²) in [6.07, 6.45) is 4.66. The third-order valence-electron chi connectivity index (χ3n) is 3.31. The molecule has 0 saturated heterocycles. The lowest BCUT2D eigenvalue weighted by molar-refractivity contribution is 0.106. The Morgan fingerprint density at radius 1 is 1.26 bits per heavy atom. The van der Waals surface area contributed by atoms with Crippen LogP contribution < -0.4 is 10.1 Å². The second kappa shape index (κ2) is 7.17. The number of hydrogen-bond acceptors (Lipinski definition) is 5. The number of aliphatic hydroxyl groups is 1. The van der Waals surface area contributed by atoms with Crippen LogP contribution in [0.3, 0.4) is 0 Å². The maximum absolute atomic E-state index is 12.8. The Bertz CT molecular complexity index is 760. The third kappa shape index (κ3) is 4.02. The fraction of sp³-hybridized carbons (Fsp3) is 0.250. The van der Waals surface area contributed by atoms with Gasteiger partial charge in [0.2, 0.25) is 5.78 Å². The molecular formula is C16H17FN4O2. The fourth-order valence-electron chi connectivity index (χ4n) is 2.16. The predicted molar refractivity (Wildman–Crippen MR) is 82.6 cm³/mol. The largest absolute Gasteiger partial charge is 0.491 e. The van der Waals surface area contributed by atoms with Crippen molar-refractivity contribution in [3.05, 3.63) is 60.4 Å². The highest BCUT2D eigenvalue weighted by molar-refractivity contribution is 5.30. The summed E-state index contributed by atoms with van der Waals surface area (Å²) in [6.45, 7) is 1.06. The van der Waals surface area contributed by atoms with E-state index >= 15 is 0 Å². The number of aliphatic hydroxyl groups excluding tert-OH is 1. The Hall–Kier alpha value is -2.51. The molecule has 6 nitrogen and oxygen atoms in total. The molecule has 1 unspecified atom stereocenters. The lowest BCUT2D eigenvalue weighted by Gasteiger charge is -2.13. The molecule has 0 saturated carbocycles. The number of imidazole rings is 1. The van der Waals surface area contributed by atoms with E-state index in [-0.39, 0.29) is 12.4 Å². The first-order chi connectivity index (χ1) is 11.2. The molecule has 0 aliphatic rings. The van der Waals surface area contributed by atoms with Crippen LogP contribution in [0.4, 0.5) is 4.39 Å². The quantitative estimate of drug-likeness (QED) is 0.689. The number of halogens is 1. The molecule has 2 heterocycles. The van der Waals surface area contributed by atoms with Gasteiger partial charge in [-0.1, -0.05) is 0 Å². The third-order valence-corrected chi connectivity index (χ3v) is 3.31. The second-order valence-corrected chi connectivity index (χ2v) is 5.09. The summed E-state index contributed by atoms with van der Waals surface area (Å²) in [7, 11) is 0. The van der Waals surface area contributed by atoms with Gasteiger partial charge in [-0.25, -0.2) is 14.4 Å². The van der Waals surface area contributed by atoms with Crippen LogP contribution in [0, 0.1) is 5.82 Å². The Kier molecular flexibility index (Phi) is 4.80. The van der Waals surface area contributed by atoms with Crippen molar-refractivity contribution < 1.29 is 14.2 Å². The lowest BCUT2D eigenvalue weighted by atomic mass is 10.3. The summed E-state index contributed by atoms with van der Waals surface area (Å²) in [4.78, 5) is 8.34. The molecule has 1 aromatic carbocycles. The number of nitrogens with zero attached hydrogens (tertiary/aromatic N) is 3. The molecule has 0 aliphatic carbocycles. The molecule has 3 aromatic rings. The summed E-state index contributed by atoms with van der Waals surface area (Å²) in [5.41, 5.74) is 0.958. The van der Waals surface area contributed by atoms with Gasteiger partial charge in [-0.05, 0) is 30.3 Å². The van der Waals surface area contributed by atoms with E-state index < -0.39 is 6.10 Å². The summed E-state index contributed by atoms with van der Waals surface area (Å²) in [5.74, 6) is 0.852. The zero-order valence-electron chi connectivity index (χ0n) is 12.4. The highest BCUT2D eigenvalue weighted by atomic mass is 19.1. The average molecular weight is 316 g/mol. The first kappa shape index (κ1) is 15.4. The molecule has 2 N–H and O–H groups in total. The molecule has 1 atom stereocenters. The van der Waals surface area contributed by atoms with Crippen molar-refractivity contribution in [1.29, 1.82) is 0 Å². The van der Waals surface area contributed by atoms with Gasteiger partial charge in [0.25, 0.3) is 0 Å². The van der Waals surface area contributed by atoms with Gasteiger partial charge in [0.1, 0.15) is 24.3 Å². The van der Waals surface area contributed by atoms with Crippen molar-refractivity contribution in [3.8, 4) is 5.75 Å². The average Bonchev–Trinajstić information content (AvgIpc) is 2.98. The van der Waals surface area contributed by atoms with Crippen LogP contribution >= 0.6 is 0 Å². The topological polar surface area (TPSA) is 71.7 Å². The molecule has 0 spiro atoms. The number of benzene rings is 1. The maximum atomic E-state index is 12.8. The standard InChI is InChI=1S/C16H17FN4O2/c17-12-2-4-15(5-3-12)23-11-14(22)10-18-8-13-9-20-16-19-6-1-7-21(13)16/h1-7,9,14,18,22H,8,10-11H2. The molecule has 0 radical (unpaired) electrons. The van der Waals surface area contributed by atoms with Crippen molar-refractivity contribution in [2.45, 2.75) is 12.6 Å². The summed E-state index contributed by atoms with van der Waals surface area (Å²) in [5, 5.41) is 13.1. The van der Waals surface area contributed by atoms with Gasteiger partial charge >= 0.3 is 0 Å². The minimum atomic E-state index is -0.669. The van der Waals surface area contributed by atoms with Gasteiger partial charge in [-0.3, -0.25) is 4.40 Å². The van der Waals surface area contributed by atoms with Gasteiger partial charge in [0.15, 0.2) is 0 Å². The van der Waals surface area contributed by atoms with Crippen LogP contribution in [0.25, 0.3) is 5.78 Å². The van der Waals surface area contributed by atoms with Crippen LogP contribution in [0.15, 0.2) is 48.9 Å². The molecular weight excluding hydrogens is 299 g/mol. The van der Waals surface area contributed by atoms with Crippen molar-refractivity contribution in [2.24, 2.45) is 0 Å². The minimum absolute atomic E-state index is 0.132. The molecule has 0 amide bonds. The predicted octanol–water partition coefficient (Wildman–Crippen LogP) is 1.40. The van der Waals surface area contributed by atoms with E-state index in [9.17, 15) is 9.50 Å². The maximum Gasteiger partial charge on any atom is 0.233 e. The monoisotopic (exact) mass is 316 g/mol. The van der Waals surface area contributed by atoms with E-state index in [1.807, 2.05) is 16.7 Å².